The third-order valence-electron chi connectivity index (χ3n) is 6.11. The van der Waals surface area contributed by atoms with Gasteiger partial charge in [-0.05, 0) is 46.0 Å². The molecule has 1 fully saturated rings. The van der Waals surface area contributed by atoms with Crippen molar-refractivity contribution in [2.75, 3.05) is 18.4 Å². The molecule has 0 aromatic carbocycles. The second kappa shape index (κ2) is 7.86. The molecular weight excluding hydrogens is 415 g/mol. The molecule has 2 aromatic rings. The first-order chi connectivity index (χ1) is 14.1. The van der Waals surface area contributed by atoms with E-state index in [2.05, 4.69) is 15.4 Å². The molecule has 2 aliphatic rings. The van der Waals surface area contributed by atoms with Gasteiger partial charge >= 0.3 is 6.18 Å². The molecule has 1 amide bonds. The van der Waals surface area contributed by atoms with Gasteiger partial charge in [0.05, 0.1) is 22.8 Å². The topological polar surface area (TPSA) is 63.1 Å². The average molecular weight is 442 g/mol. The third-order valence-corrected chi connectivity index (χ3v) is 7.19. The Balaban J connectivity index is 1.39. The number of alkyl halides is 3. The minimum absolute atomic E-state index is 0.0322. The first kappa shape index (κ1) is 21.1. The molecular formula is C20H26F3N5OS. The maximum Gasteiger partial charge on any atom is 0.410 e. The lowest BCUT2D eigenvalue weighted by Gasteiger charge is -2.41. The summed E-state index contributed by atoms with van der Waals surface area (Å²) in [4.78, 5) is 19.9. The van der Waals surface area contributed by atoms with Crippen LogP contribution in [0.25, 0.3) is 0 Å². The van der Waals surface area contributed by atoms with Gasteiger partial charge in [0.1, 0.15) is 5.82 Å². The number of nitrogens with one attached hydrogen (secondary N) is 1. The number of carbonyl (C=O) groups excluding carboxylic acids is 1. The molecule has 2 atom stereocenters. The van der Waals surface area contributed by atoms with Crippen LogP contribution in [0.3, 0.4) is 0 Å². The predicted octanol–water partition coefficient (Wildman–Crippen LogP) is 4.03. The van der Waals surface area contributed by atoms with Crippen LogP contribution < -0.4 is 5.32 Å². The number of anilines is 1. The van der Waals surface area contributed by atoms with Crippen molar-refractivity contribution in [2.45, 2.75) is 64.7 Å². The zero-order chi connectivity index (χ0) is 21.6. The van der Waals surface area contributed by atoms with Crippen LogP contribution in [0.1, 0.15) is 46.6 Å². The van der Waals surface area contributed by atoms with E-state index in [9.17, 15) is 18.0 Å². The van der Waals surface area contributed by atoms with Gasteiger partial charge in [-0.3, -0.25) is 4.79 Å². The molecule has 2 aromatic heterocycles. The van der Waals surface area contributed by atoms with Crippen molar-refractivity contribution in [3.05, 3.63) is 27.3 Å². The fraction of sp³-hybridized carbons (Fsp3) is 0.650. The summed E-state index contributed by atoms with van der Waals surface area (Å²) in [6.07, 6.45) is -2.63. The van der Waals surface area contributed by atoms with Crippen LogP contribution in [0.5, 0.6) is 0 Å². The summed E-state index contributed by atoms with van der Waals surface area (Å²) in [5.41, 5.74) is 1.47. The van der Waals surface area contributed by atoms with Crippen molar-refractivity contribution in [1.29, 1.82) is 0 Å². The first-order valence-electron chi connectivity index (χ1n) is 10.2. The van der Waals surface area contributed by atoms with Crippen LogP contribution in [0.2, 0.25) is 0 Å². The normalized spacial score (nSPS) is 22.7. The summed E-state index contributed by atoms with van der Waals surface area (Å²) in [5, 5.41) is 8.26. The lowest BCUT2D eigenvalue weighted by Crippen LogP contribution is -2.47. The van der Waals surface area contributed by atoms with E-state index in [4.69, 9.17) is 0 Å². The number of carbonyl (C=O) groups is 1. The fourth-order valence-corrected chi connectivity index (χ4v) is 5.50. The van der Waals surface area contributed by atoms with Gasteiger partial charge in [0.2, 0.25) is 5.91 Å². The molecule has 1 N–H and O–H groups in total. The fourth-order valence-electron chi connectivity index (χ4n) is 4.57. The maximum absolute atomic E-state index is 13.6. The van der Waals surface area contributed by atoms with E-state index < -0.39 is 12.2 Å². The van der Waals surface area contributed by atoms with Crippen LogP contribution in [0.4, 0.5) is 19.0 Å². The molecule has 2 aliphatic heterocycles. The Morgan fingerprint density at radius 3 is 2.57 bits per heavy atom. The summed E-state index contributed by atoms with van der Waals surface area (Å²) in [5.74, 6) is 0.592. The zero-order valence-corrected chi connectivity index (χ0v) is 18.1. The lowest BCUT2D eigenvalue weighted by molar-refractivity contribution is -0.174. The second-order valence-electron chi connectivity index (χ2n) is 8.30. The van der Waals surface area contributed by atoms with Crippen LogP contribution >= 0.6 is 11.3 Å². The zero-order valence-electron chi connectivity index (χ0n) is 17.3. The number of thiazole rings is 1. The number of nitrogens with zero attached hydrogens (tertiary/aromatic N) is 4. The third kappa shape index (κ3) is 4.19. The quantitative estimate of drug-likeness (QED) is 0.781. The summed E-state index contributed by atoms with van der Waals surface area (Å²) in [7, 11) is 0. The molecule has 30 heavy (non-hydrogen) atoms. The number of hydrogen-bond donors (Lipinski definition) is 1. The van der Waals surface area contributed by atoms with E-state index in [1.807, 2.05) is 18.7 Å². The highest BCUT2D eigenvalue weighted by Crippen LogP contribution is 2.42. The molecule has 1 saturated heterocycles. The van der Waals surface area contributed by atoms with E-state index in [1.165, 1.54) is 0 Å². The Morgan fingerprint density at radius 2 is 1.97 bits per heavy atom. The smallest absolute Gasteiger partial charge is 0.367 e. The number of piperidine rings is 1. The molecule has 10 heteroatoms. The highest BCUT2D eigenvalue weighted by Gasteiger charge is 2.47. The number of aromatic nitrogens is 3. The van der Waals surface area contributed by atoms with E-state index in [1.54, 1.807) is 24.3 Å². The number of halogens is 3. The van der Waals surface area contributed by atoms with Gasteiger partial charge < -0.3 is 10.2 Å². The molecule has 164 valence electrons. The summed E-state index contributed by atoms with van der Waals surface area (Å²) in [6.45, 7) is 6.69. The van der Waals surface area contributed by atoms with Gasteiger partial charge in [-0.15, -0.1) is 11.3 Å². The second-order valence-corrected chi connectivity index (χ2v) is 9.58. The number of amides is 1. The number of hydrogen-bond acceptors (Lipinski definition) is 5. The van der Waals surface area contributed by atoms with Crippen LogP contribution in [0, 0.1) is 26.7 Å². The first-order valence-corrected chi connectivity index (χ1v) is 11.0. The number of fused-ring (bicyclic) bond motifs is 1. The Kier molecular flexibility index (Phi) is 5.54. The van der Waals surface area contributed by atoms with Crippen LogP contribution in [-0.4, -0.2) is 50.9 Å². The van der Waals surface area contributed by atoms with Crippen molar-refractivity contribution >= 4 is 23.1 Å². The average Bonchev–Trinajstić information content (AvgIpc) is 3.20. The van der Waals surface area contributed by atoms with Gasteiger partial charge in [0.25, 0.3) is 0 Å². The number of rotatable bonds is 3. The SMILES string of the molecule is Cc1cc2n(n1)[C@@H](C(F)(F)F)C[C@@H](C1CCN(C(=O)Cc3sc(C)nc3C)CC1)N2. The van der Waals surface area contributed by atoms with E-state index in [0.29, 0.717) is 43.9 Å². The van der Waals surface area contributed by atoms with E-state index in [-0.39, 0.29) is 24.3 Å². The van der Waals surface area contributed by atoms with Crippen LogP contribution in [-0.2, 0) is 11.2 Å². The summed E-state index contributed by atoms with van der Waals surface area (Å²) >= 11 is 1.54. The van der Waals surface area contributed by atoms with Crippen molar-refractivity contribution in [2.24, 2.45) is 5.92 Å². The van der Waals surface area contributed by atoms with Crippen molar-refractivity contribution in [3.8, 4) is 0 Å². The highest BCUT2D eigenvalue weighted by molar-refractivity contribution is 7.11. The highest BCUT2D eigenvalue weighted by atomic mass is 32.1. The largest absolute Gasteiger partial charge is 0.410 e. The van der Waals surface area contributed by atoms with E-state index in [0.717, 1.165) is 20.3 Å². The van der Waals surface area contributed by atoms with Gasteiger partial charge in [-0.25, -0.2) is 9.67 Å². The van der Waals surface area contributed by atoms with Gasteiger partial charge in [-0.2, -0.15) is 18.3 Å². The Hall–Kier alpha value is -2.10. The van der Waals surface area contributed by atoms with Gasteiger partial charge in [0, 0.05) is 30.1 Å². The minimum Gasteiger partial charge on any atom is -0.367 e. The molecule has 0 saturated carbocycles. The minimum atomic E-state index is -4.34. The Morgan fingerprint density at radius 1 is 1.27 bits per heavy atom. The molecule has 4 heterocycles. The van der Waals surface area contributed by atoms with Crippen molar-refractivity contribution in [3.63, 3.8) is 0 Å². The lowest BCUT2D eigenvalue weighted by atomic mass is 9.84. The van der Waals surface area contributed by atoms with Gasteiger partial charge in [-0.1, -0.05) is 0 Å². The van der Waals surface area contributed by atoms with Crippen molar-refractivity contribution < 1.29 is 18.0 Å². The van der Waals surface area contributed by atoms with E-state index >= 15 is 0 Å². The predicted molar refractivity (Wildman–Crippen MR) is 109 cm³/mol. The summed E-state index contributed by atoms with van der Waals surface area (Å²) < 4.78 is 42.0. The molecule has 0 spiro atoms. The standard InChI is InChI=1S/C20H26F3N5OS/c1-11-8-18-25-15(9-17(20(21,22)23)28(18)26-11)14-4-6-27(7-5-14)19(29)10-16-12(2)24-13(3)30-16/h8,14-15,17,25H,4-7,9-10H2,1-3H3/t15-,17+/m0/s1. The van der Waals surface area contributed by atoms with Crippen LogP contribution in [0.15, 0.2) is 6.07 Å². The Labute approximate surface area is 177 Å². The van der Waals surface area contributed by atoms with Gasteiger partial charge in [0.15, 0.2) is 6.04 Å². The molecule has 4 rings (SSSR count). The number of aryl methyl sites for hydroxylation is 3. The molecule has 0 bridgehead atoms. The molecule has 0 radical (unpaired) electrons. The molecule has 0 aliphatic carbocycles. The monoisotopic (exact) mass is 441 g/mol. The van der Waals surface area contributed by atoms with Crippen molar-refractivity contribution in [1.82, 2.24) is 19.7 Å². The molecule has 6 nitrogen and oxygen atoms in total. The Bertz CT molecular complexity index is 930. The number of likely N-dealkylation sites (tertiary alicyclic amines) is 1. The summed E-state index contributed by atoms with van der Waals surface area (Å²) in [6, 6.07) is -0.211. The maximum atomic E-state index is 13.6. The molecule has 0 unspecified atom stereocenters.